The summed E-state index contributed by atoms with van der Waals surface area (Å²) in [6, 6.07) is 1.24. The van der Waals surface area contributed by atoms with Gasteiger partial charge in [-0.05, 0) is 26.2 Å². The topological polar surface area (TPSA) is 54.9 Å². The molecular formula is C9H11ClN2O2. The first-order chi connectivity index (χ1) is 6.53. The Hall–Kier alpha value is -1.03. The van der Waals surface area contributed by atoms with Crippen molar-refractivity contribution in [2.75, 3.05) is 0 Å². The van der Waals surface area contributed by atoms with Crippen LogP contribution in [-0.2, 0) is 5.54 Å². The van der Waals surface area contributed by atoms with Crippen molar-refractivity contribution in [2.45, 2.75) is 31.7 Å². The van der Waals surface area contributed by atoms with E-state index in [2.05, 4.69) is 4.98 Å². The molecule has 2 rings (SSSR count). The first kappa shape index (κ1) is 9.52. The molecule has 76 valence electrons. The first-order valence-electron chi connectivity index (χ1n) is 4.55. The second-order valence-corrected chi connectivity index (χ2v) is 4.35. The lowest BCUT2D eigenvalue weighted by atomic mass is 9.78. The molecular weight excluding hydrogens is 204 g/mol. The molecule has 1 aliphatic rings. The molecule has 1 heterocycles. The van der Waals surface area contributed by atoms with Crippen LogP contribution in [0.25, 0.3) is 0 Å². The molecule has 0 aliphatic heterocycles. The molecule has 1 aromatic rings. The Morgan fingerprint density at radius 3 is 2.57 bits per heavy atom. The third-order valence-electron chi connectivity index (χ3n) is 2.87. The molecule has 5 heteroatoms. The predicted octanol–water partition coefficient (Wildman–Crippen LogP) is 1.09. The smallest absolute Gasteiger partial charge is 0.298 e. The van der Waals surface area contributed by atoms with Crippen LogP contribution >= 0.6 is 11.6 Å². The summed E-state index contributed by atoms with van der Waals surface area (Å²) in [5, 5.41) is 0.0965. The van der Waals surface area contributed by atoms with Gasteiger partial charge in [0.1, 0.15) is 5.15 Å². The fraction of sp³-hybridized carbons (Fsp3) is 0.556. The number of halogens is 1. The van der Waals surface area contributed by atoms with E-state index in [4.69, 9.17) is 11.6 Å². The number of aromatic amines is 1. The average molecular weight is 215 g/mol. The van der Waals surface area contributed by atoms with Crippen LogP contribution < -0.4 is 11.2 Å². The number of H-pyrrole nitrogens is 1. The molecule has 0 bridgehead atoms. The molecule has 1 aliphatic carbocycles. The summed E-state index contributed by atoms with van der Waals surface area (Å²) in [4.78, 5) is 25.5. The molecule has 0 spiro atoms. The van der Waals surface area contributed by atoms with Crippen LogP contribution in [0.3, 0.4) is 0 Å². The minimum Gasteiger partial charge on any atom is -0.298 e. The molecule has 0 unspecified atom stereocenters. The highest BCUT2D eigenvalue weighted by Crippen LogP contribution is 2.36. The van der Waals surface area contributed by atoms with Crippen molar-refractivity contribution in [1.29, 1.82) is 0 Å². The minimum atomic E-state index is -0.412. The van der Waals surface area contributed by atoms with Gasteiger partial charge in [0.2, 0.25) is 0 Å². The van der Waals surface area contributed by atoms with E-state index >= 15 is 0 Å². The summed E-state index contributed by atoms with van der Waals surface area (Å²) in [6.07, 6.45) is 2.81. The largest absolute Gasteiger partial charge is 0.329 e. The standard InChI is InChI=1S/C9H11ClN2O2/c1-9(3-2-4-9)12-7(13)5-6(10)11-8(12)14/h5H,2-4H2,1H3,(H,11,14). The predicted molar refractivity (Wildman–Crippen MR) is 53.8 cm³/mol. The van der Waals surface area contributed by atoms with Gasteiger partial charge in [-0.25, -0.2) is 4.79 Å². The van der Waals surface area contributed by atoms with Gasteiger partial charge in [-0.15, -0.1) is 0 Å². The van der Waals surface area contributed by atoms with Gasteiger partial charge >= 0.3 is 5.69 Å². The molecule has 0 radical (unpaired) electrons. The number of nitrogens with one attached hydrogen (secondary N) is 1. The SMILES string of the molecule is CC1(n2c(=O)cc(Cl)[nH]c2=O)CCC1. The maximum absolute atomic E-state index is 11.6. The third-order valence-corrected chi connectivity index (χ3v) is 3.07. The van der Waals surface area contributed by atoms with Crippen molar-refractivity contribution in [3.05, 3.63) is 32.1 Å². The van der Waals surface area contributed by atoms with E-state index in [9.17, 15) is 9.59 Å². The first-order valence-corrected chi connectivity index (χ1v) is 4.93. The number of hydrogen-bond acceptors (Lipinski definition) is 2. The number of nitrogens with zero attached hydrogens (tertiary/aromatic N) is 1. The Morgan fingerprint density at radius 2 is 2.14 bits per heavy atom. The zero-order valence-electron chi connectivity index (χ0n) is 7.84. The third kappa shape index (κ3) is 1.30. The molecule has 14 heavy (non-hydrogen) atoms. The van der Waals surface area contributed by atoms with Crippen molar-refractivity contribution in [3.63, 3.8) is 0 Å². The van der Waals surface area contributed by atoms with Crippen molar-refractivity contribution < 1.29 is 0 Å². The summed E-state index contributed by atoms with van der Waals surface area (Å²) < 4.78 is 1.27. The van der Waals surface area contributed by atoms with Crippen molar-refractivity contribution in [1.82, 2.24) is 9.55 Å². The summed E-state index contributed by atoms with van der Waals surface area (Å²) in [7, 11) is 0. The fourth-order valence-electron chi connectivity index (χ4n) is 1.89. The van der Waals surface area contributed by atoms with Gasteiger partial charge in [0, 0.05) is 11.6 Å². The molecule has 1 saturated carbocycles. The molecule has 1 aromatic heterocycles. The summed E-state index contributed by atoms with van der Waals surface area (Å²) in [6.45, 7) is 1.92. The second-order valence-electron chi connectivity index (χ2n) is 3.95. The van der Waals surface area contributed by atoms with Gasteiger partial charge in [-0.3, -0.25) is 14.3 Å². The lowest BCUT2D eigenvalue weighted by molar-refractivity contribution is 0.155. The van der Waals surface area contributed by atoms with Crippen LogP contribution in [0.5, 0.6) is 0 Å². The van der Waals surface area contributed by atoms with E-state index < -0.39 is 5.69 Å². The molecule has 1 fully saturated rings. The van der Waals surface area contributed by atoms with Crippen molar-refractivity contribution in [3.8, 4) is 0 Å². The van der Waals surface area contributed by atoms with E-state index in [-0.39, 0.29) is 16.3 Å². The summed E-state index contributed by atoms with van der Waals surface area (Å²) in [5.74, 6) is 0. The van der Waals surface area contributed by atoms with Gasteiger partial charge in [-0.1, -0.05) is 11.6 Å². The Morgan fingerprint density at radius 1 is 1.50 bits per heavy atom. The Labute approximate surface area is 85.5 Å². The monoisotopic (exact) mass is 214 g/mol. The van der Waals surface area contributed by atoms with E-state index in [0.29, 0.717) is 0 Å². The maximum atomic E-state index is 11.6. The maximum Gasteiger partial charge on any atom is 0.329 e. The number of aromatic nitrogens is 2. The average Bonchev–Trinajstić information content (AvgIpc) is 1.99. The normalized spacial score (nSPS) is 19.0. The lowest BCUT2D eigenvalue weighted by Crippen LogP contribution is -2.51. The molecule has 0 saturated heterocycles. The Bertz CT molecular complexity index is 439. The highest BCUT2D eigenvalue weighted by atomic mass is 35.5. The molecule has 4 nitrogen and oxygen atoms in total. The van der Waals surface area contributed by atoms with Crippen LogP contribution in [0.4, 0.5) is 0 Å². The van der Waals surface area contributed by atoms with Crippen LogP contribution in [0.1, 0.15) is 26.2 Å². The van der Waals surface area contributed by atoms with Gasteiger partial charge < -0.3 is 0 Å². The van der Waals surface area contributed by atoms with E-state index in [1.807, 2.05) is 6.92 Å². The van der Waals surface area contributed by atoms with Crippen LogP contribution in [0.2, 0.25) is 5.15 Å². The highest BCUT2D eigenvalue weighted by molar-refractivity contribution is 6.29. The molecule has 0 amide bonds. The molecule has 1 N–H and O–H groups in total. The quantitative estimate of drug-likeness (QED) is 0.712. The highest BCUT2D eigenvalue weighted by Gasteiger charge is 2.36. The fourth-order valence-corrected chi connectivity index (χ4v) is 2.06. The van der Waals surface area contributed by atoms with Crippen molar-refractivity contribution in [2.24, 2.45) is 0 Å². The second kappa shape index (κ2) is 2.98. The van der Waals surface area contributed by atoms with E-state index in [1.165, 1.54) is 10.6 Å². The van der Waals surface area contributed by atoms with Gasteiger partial charge in [-0.2, -0.15) is 0 Å². The van der Waals surface area contributed by atoms with E-state index in [0.717, 1.165) is 19.3 Å². The van der Waals surface area contributed by atoms with Gasteiger partial charge in [0.15, 0.2) is 0 Å². The summed E-state index contributed by atoms with van der Waals surface area (Å²) in [5.41, 5.74) is -1.04. The Kier molecular flexibility index (Phi) is 2.03. The van der Waals surface area contributed by atoms with Gasteiger partial charge in [0.25, 0.3) is 5.56 Å². The minimum absolute atomic E-state index is 0.0965. The molecule has 0 aromatic carbocycles. The van der Waals surface area contributed by atoms with Crippen LogP contribution in [-0.4, -0.2) is 9.55 Å². The Balaban J connectivity index is 2.64. The lowest BCUT2D eigenvalue weighted by Gasteiger charge is -2.38. The van der Waals surface area contributed by atoms with Crippen LogP contribution in [0, 0.1) is 0 Å². The van der Waals surface area contributed by atoms with Crippen molar-refractivity contribution >= 4 is 11.6 Å². The van der Waals surface area contributed by atoms with E-state index in [1.54, 1.807) is 0 Å². The zero-order valence-corrected chi connectivity index (χ0v) is 8.60. The van der Waals surface area contributed by atoms with Gasteiger partial charge in [0.05, 0.1) is 0 Å². The summed E-state index contributed by atoms with van der Waals surface area (Å²) >= 11 is 5.56. The van der Waals surface area contributed by atoms with Crippen LogP contribution in [0.15, 0.2) is 15.7 Å². The number of hydrogen-bond donors (Lipinski definition) is 1. The number of rotatable bonds is 1. The zero-order chi connectivity index (χ0) is 10.3. The molecule has 0 atom stereocenters.